The fraction of sp³-hybridized carbons (Fsp3) is 1.00. The Morgan fingerprint density at radius 2 is 2.06 bits per heavy atom. The monoisotopic (exact) mass is 281 g/mol. The van der Waals surface area contributed by atoms with Crippen LogP contribution in [0, 0.1) is 11.3 Å². The second kappa shape index (κ2) is 5.89. The van der Waals surface area contributed by atoms with Crippen molar-refractivity contribution in [2.24, 2.45) is 11.3 Å². The van der Waals surface area contributed by atoms with E-state index in [0.29, 0.717) is 5.88 Å². The maximum absolute atomic E-state index is 12.0. The van der Waals surface area contributed by atoms with E-state index < -0.39 is 10.0 Å². The average molecular weight is 282 g/mol. The van der Waals surface area contributed by atoms with Gasteiger partial charge in [0.1, 0.15) is 0 Å². The molecular weight excluding hydrogens is 258 g/mol. The van der Waals surface area contributed by atoms with E-state index >= 15 is 0 Å². The maximum atomic E-state index is 12.0. The Hall–Kier alpha value is 0.200. The van der Waals surface area contributed by atoms with Crippen LogP contribution in [0.5, 0.6) is 0 Å². The zero-order chi connectivity index (χ0) is 13.1. The molecule has 1 aliphatic rings. The highest BCUT2D eigenvalue weighted by Gasteiger charge is 2.34. The Labute approximate surface area is 110 Å². The van der Waals surface area contributed by atoms with Crippen LogP contribution in [-0.2, 0) is 10.0 Å². The molecule has 0 saturated heterocycles. The highest BCUT2D eigenvalue weighted by atomic mass is 35.5. The molecule has 0 aliphatic heterocycles. The van der Waals surface area contributed by atoms with E-state index in [0.717, 1.165) is 19.3 Å². The van der Waals surface area contributed by atoms with Gasteiger partial charge in [-0.2, -0.15) is 0 Å². The molecule has 1 N–H and O–H groups in total. The molecule has 0 aromatic carbocycles. The summed E-state index contributed by atoms with van der Waals surface area (Å²) in [6.07, 6.45) is 4.34. The Balaban J connectivity index is 2.63. The largest absolute Gasteiger partial charge is 0.212 e. The number of sulfonamides is 1. The van der Waals surface area contributed by atoms with E-state index in [2.05, 4.69) is 18.6 Å². The van der Waals surface area contributed by atoms with Crippen molar-refractivity contribution in [2.45, 2.75) is 52.5 Å². The lowest BCUT2D eigenvalue weighted by Gasteiger charge is -2.38. The van der Waals surface area contributed by atoms with Crippen LogP contribution in [0.2, 0.25) is 0 Å². The minimum Gasteiger partial charge on any atom is -0.212 e. The van der Waals surface area contributed by atoms with Crippen LogP contribution in [0.25, 0.3) is 0 Å². The molecule has 5 heteroatoms. The highest BCUT2D eigenvalue weighted by Crippen LogP contribution is 2.35. The molecule has 0 aromatic heterocycles. The quantitative estimate of drug-likeness (QED) is 0.788. The predicted octanol–water partition coefficient (Wildman–Crippen LogP) is 2.75. The molecule has 2 atom stereocenters. The van der Waals surface area contributed by atoms with Crippen molar-refractivity contribution in [1.82, 2.24) is 4.72 Å². The molecule has 3 nitrogen and oxygen atoms in total. The summed E-state index contributed by atoms with van der Waals surface area (Å²) in [4.78, 5) is 0. The van der Waals surface area contributed by atoms with Crippen molar-refractivity contribution in [3.8, 4) is 0 Å². The van der Waals surface area contributed by atoms with Crippen molar-refractivity contribution in [3.05, 3.63) is 0 Å². The van der Waals surface area contributed by atoms with Gasteiger partial charge < -0.3 is 0 Å². The zero-order valence-electron chi connectivity index (χ0n) is 11.0. The molecule has 0 bridgehead atoms. The van der Waals surface area contributed by atoms with Crippen LogP contribution < -0.4 is 4.72 Å². The van der Waals surface area contributed by atoms with Gasteiger partial charge in [0, 0.05) is 11.9 Å². The van der Waals surface area contributed by atoms with Gasteiger partial charge in [-0.15, -0.1) is 11.6 Å². The lowest BCUT2D eigenvalue weighted by molar-refractivity contribution is 0.188. The normalized spacial score (nSPS) is 26.7. The standard InChI is InChI=1S/C12H24ClNO2S/c1-10(8-13)9-17(15,16)14-11-6-4-5-7-12(11,2)3/h10-11,14H,4-9H2,1-3H3. The topological polar surface area (TPSA) is 46.2 Å². The van der Waals surface area contributed by atoms with Gasteiger partial charge >= 0.3 is 0 Å². The van der Waals surface area contributed by atoms with E-state index in [-0.39, 0.29) is 23.1 Å². The van der Waals surface area contributed by atoms with Crippen LogP contribution in [-0.4, -0.2) is 26.1 Å². The summed E-state index contributed by atoms with van der Waals surface area (Å²) in [5.74, 6) is 0.513. The minimum absolute atomic E-state index is 0.000805. The third-order valence-corrected chi connectivity index (χ3v) is 5.77. The predicted molar refractivity (Wildman–Crippen MR) is 72.8 cm³/mol. The average Bonchev–Trinajstić information content (AvgIpc) is 2.20. The third-order valence-electron chi connectivity index (χ3n) is 3.60. The zero-order valence-corrected chi connectivity index (χ0v) is 12.6. The van der Waals surface area contributed by atoms with E-state index in [4.69, 9.17) is 11.6 Å². The molecule has 2 unspecified atom stereocenters. The molecule has 0 spiro atoms. The highest BCUT2D eigenvalue weighted by molar-refractivity contribution is 7.89. The van der Waals surface area contributed by atoms with Crippen LogP contribution in [0.4, 0.5) is 0 Å². The van der Waals surface area contributed by atoms with Crippen LogP contribution in [0.15, 0.2) is 0 Å². The minimum atomic E-state index is -3.20. The Kier molecular flexibility index (Phi) is 5.29. The Morgan fingerprint density at radius 1 is 1.41 bits per heavy atom. The molecule has 17 heavy (non-hydrogen) atoms. The van der Waals surface area contributed by atoms with E-state index in [9.17, 15) is 8.42 Å². The van der Waals surface area contributed by atoms with Gasteiger partial charge in [0.15, 0.2) is 0 Å². The van der Waals surface area contributed by atoms with Crippen molar-refractivity contribution >= 4 is 21.6 Å². The van der Waals surface area contributed by atoms with Crippen LogP contribution >= 0.6 is 11.6 Å². The van der Waals surface area contributed by atoms with Gasteiger partial charge in [0.25, 0.3) is 0 Å². The Morgan fingerprint density at radius 3 is 2.59 bits per heavy atom. The first-order valence-corrected chi connectivity index (χ1v) is 8.51. The van der Waals surface area contributed by atoms with Gasteiger partial charge in [-0.05, 0) is 24.2 Å². The summed E-state index contributed by atoms with van der Waals surface area (Å²) in [5, 5.41) is 0. The lowest BCUT2D eigenvalue weighted by atomic mass is 9.74. The summed E-state index contributed by atoms with van der Waals surface area (Å²) in [6, 6.07) is 0.0729. The van der Waals surface area contributed by atoms with Crippen molar-refractivity contribution < 1.29 is 8.42 Å². The molecule has 102 valence electrons. The van der Waals surface area contributed by atoms with Gasteiger partial charge in [0.05, 0.1) is 5.75 Å². The second-order valence-electron chi connectivity index (χ2n) is 5.95. The van der Waals surface area contributed by atoms with Crippen molar-refractivity contribution in [3.63, 3.8) is 0 Å². The first-order valence-electron chi connectivity index (χ1n) is 6.33. The molecule has 0 radical (unpaired) electrons. The Bertz CT molecular complexity index is 340. The van der Waals surface area contributed by atoms with E-state index in [1.807, 2.05) is 6.92 Å². The number of nitrogens with one attached hydrogen (secondary N) is 1. The summed E-state index contributed by atoms with van der Waals surface area (Å²) in [6.45, 7) is 6.15. The number of alkyl halides is 1. The molecule has 0 amide bonds. The number of hydrogen-bond donors (Lipinski definition) is 1. The van der Waals surface area contributed by atoms with Gasteiger partial charge in [-0.3, -0.25) is 0 Å². The maximum Gasteiger partial charge on any atom is 0.212 e. The number of halogens is 1. The smallest absolute Gasteiger partial charge is 0.212 e. The third kappa shape index (κ3) is 4.76. The summed E-state index contributed by atoms with van der Waals surface area (Å²) >= 11 is 5.66. The van der Waals surface area contributed by atoms with Gasteiger partial charge in [0.2, 0.25) is 10.0 Å². The van der Waals surface area contributed by atoms with Gasteiger partial charge in [-0.25, -0.2) is 13.1 Å². The molecule has 1 fully saturated rings. The number of hydrogen-bond acceptors (Lipinski definition) is 2. The molecule has 1 rings (SSSR count). The van der Waals surface area contributed by atoms with Crippen molar-refractivity contribution in [1.29, 1.82) is 0 Å². The molecule has 0 heterocycles. The molecule has 0 aromatic rings. The summed E-state index contributed by atoms with van der Waals surface area (Å²) in [7, 11) is -3.20. The summed E-state index contributed by atoms with van der Waals surface area (Å²) in [5.41, 5.74) is 0.0650. The van der Waals surface area contributed by atoms with Crippen LogP contribution in [0.3, 0.4) is 0 Å². The van der Waals surface area contributed by atoms with Gasteiger partial charge in [-0.1, -0.05) is 33.6 Å². The van der Waals surface area contributed by atoms with Crippen LogP contribution in [0.1, 0.15) is 46.5 Å². The molecular formula is C12H24ClNO2S. The number of rotatable bonds is 5. The first-order chi connectivity index (χ1) is 7.77. The first kappa shape index (κ1) is 15.3. The molecule has 1 saturated carbocycles. The lowest BCUT2D eigenvalue weighted by Crippen LogP contribution is -2.48. The fourth-order valence-corrected chi connectivity index (χ4v) is 4.47. The molecule has 1 aliphatic carbocycles. The fourth-order valence-electron chi connectivity index (χ4n) is 2.40. The van der Waals surface area contributed by atoms with E-state index in [1.54, 1.807) is 0 Å². The summed E-state index contributed by atoms with van der Waals surface area (Å²) < 4.78 is 26.8. The SMILES string of the molecule is CC(CCl)CS(=O)(=O)NC1CCCCC1(C)C. The van der Waals surface area contributed by atoms with E-state index in [1.165, 1.54) is 6.42 Å². The van der Waals surface area contributed by atoms with Crippen molar-refractivity contribution in [2.75, 3.05) is 11.6 Å². The second-order valence-corrected chi connectivity index (χ2v) is 8.05.